The van der Waals surface area contributed by atoms with Gasteiger partial charge in [0, 0.05) is 22.9 Å². The molecule has 0 spiro atoms. The minimum absolute atomic E-state index is 0.313. The minimum Gasteiger partial charge on any atom is -0.544 e. The number of rotatable bonds is 3. The summed E-state index contributed by atoms with van der Waals surface area (Å²) in [4.78, 5) is 14.8. The second-order valence-corrected chi connectivity index (χ2v) is 6.48. The number of carbonyl (C=O) groups is 1. The molecule has 2 aromatic carbocycles. The Kier molecular flexibility index (Phi) is 4.07. The van der Waals surface area contributed by atoms with Gasteiger partial charge in [-0.25, -0.2) is 0 Å². The zero-order chi connectivity index (χ0) is 19.2. The third-order valence-corrected chi connectivity index (χ3v) is 4.78. The highest BCUT2D eigenvalue weighted by atomic mass is 19.4. The van der Waals surface area contributed by atoms with Crippen molar-refractivity contribution >= 4 is 16.9 Å². The number of para-hydroxylation sites is 1. The van der Waals surface area contributed by atoms with Gasteiger partial charge in [-0.3, -0.25) is 0 Å². The van der Waals surface area contributed by atoms with Crippen molar-refractivity contribution in [2.75, 3.05) is 0 Å². The van der Waals surface area contributed by atoms with Gasteiger partial charge in [-0.05, 0) is 35.9 Å². The van der Waals surface area contributed by atoms with Crippen molar-refractivity contribution in [3.05, 3.63) is 65.4 Å². The van der Waals surface area contributed by atoms with E-state index >= 15 is 0 Å². The highest BCUT2D eigenvalue weighted by Crippen LogP contribution is 2.33. The van der Waals surface area contributed by atoms with Crippen LogP contribution in [0.15, 0.2) is 48.5 Å². The molecule has 8 heteroatoms. The van der Waals surface area contributed by atoms with Crippen molar-refractivity contribution < 1.29 is 33.1 Å². The average Bonchev–Trinajstić information content (AvgIpc) is 2.99. The van der Waals surface area contributed by atoms with E-state index in [1.165, 1.54) is 24.3 Å². The van der Waals surface area contributed by atoms with Crippen molar-refractivity contribution in [3.63, 3.8) is 0 Å². The first-order valence-corrected chi connectivity index (χ1v) is 8.33. The number of halogens is 3. The summed E-state index contributed by atoms with van der Waals surface area (Å²) in [7, 11) is 0. The molecule has 2 heterocycles. The fourth-order valence-corrected chi connectivity index (χ4v) is 3.64. The summed E-state index contributed by atoms with van der Waals surface area (Å²) in [6.07, 6.45) is -4.45. The monoisotopic (exact) mass is 376 g/mol. The van der Waals surface area contributed by atoms with Gasteiger partial charge in [-0.1, -0.05) is 18.2 Å². The zero-order valence-corrected chi connectivity index (χ0v) is 13.9. The van der Waals surface area contributed by atoms with Crippen LogP contribution < -0.4 is 15.2 Å². The van der Waals surface area contributed by atoms with Gasteiger partial charge in [-0.2, -0.15) is 0 Å². The third kappa shape index (κ3) is 3.35. The number of carboxylic acid groups (broad SMARTS) is 1. The third-order valence-electron chi connectivity index (χ3n) is 4.78. The fraction of sp³-hybridized carbons (Fsp3) is 0.211. The molecule has 5 nitrogen and oxygen atoms in total. The number of carbonyl (C=O) groups excluding carboxylic acids is 1. The van der Waals surface area contributed by atoms with E-state index in [2.05, 4.69) is 9.72 Å². The Balaban J connectivity index is 1.75. The van der Waals surface area contributed by atoms with E-state index in [1.54, 1.807) is 5.32 Å². The van der Waals surface area contributed by atoms with E-state index in [0.29, 0.717) is 12.0 Å². The number of nitrogens with two attached hydrogens (primary N) is 1. The highest BCUT2D eigenvalue weighted by molar-refractivity contribution is 5.86. The van der Waals surface area contributed by atoms with Gasteiger partial charge in [0.15, 0.2) is 6.04 Å². The molecule has 1 aliphatic heterocycles. The Hall–Kier alpha value is -3.00. The number of carboxylic acids is 1. The van der Waals surface area contributed by atoms with Crippen LogP contribution in [0.5, 0.6) is 5.75 Å². The molecule has 3 N–H and O–H groups in total. The number of nitrogens with one attached hydrogen (secondary N) is 1. The molecule has 0 amide bonds. The first kappa shape index (κ1) is 17.4. The number of hydrogen-bond donors (Lipinski definition) is 2. The molecule has 140 valence electrons. The molecule has 0 unspecified atom stereocenters. The Morgan fingerprint density at radius 2 is 1.85 bits per heavy atom. The molecule has 0 fully saturated rings. The smallest absolute Gasteiger partial charge is 0.544 e. The number of benzene rings is 2. The summed E-state index contributed by atoms with van der Waals surface area (Å²) >= 11 is 0. The van der Waals surface area contributed by atoms with Gasteiger partial charge in [-0.15, -0.1) is 13.2 Å². The van der Waals surface area contributed by atoms with Crippen LogP contribution >= 0.6 is 0 Å². The predicted octanol–water partition coefficient (Wildman–Crippen LogP) is 1.39. The van der Waals surface area contributed by atoms with Crippen LogP contribution in [0.4, 0.5) is 13.2 Å². The minimum atomic E-state index is -4.76. The number of H-pyrrole nitrogens is 1. The molecule has 4 rings (SSSR count). The first-order chi connectivity index (χ1) is 12.8. The molecule has 3 aromatic rings. The number of aromatic nitrogens is 1. The second-order valence-electron chi connectivity index (χ2n) is 6.48. The quantitative estimate of drug-likeness (QED) is 0.725. The number of quaternary nitrogens is 1. The fourth-order valence-electron chi connectivity index (χ4n) is 3.64. The molecule has 27 heavy (non-hydrogen) atoms. The zero-order valence-electron chi connectivity index (χ0n) is 13.9. The van der Waals surface area contributed by atoms with E-state index in [1.807, 2.05) is 24.3 Å². The second kappa shape index (κ2) is 6.31. The Bertz CT molecular complexity index is 996. The Morgan fingerprint density at radius 3 is 2.52 bits per heavy atom. The Labute approximate surface area is 151 Å². The Morgan fingerprint density at radius 1 is 1.15 bits per heavy atom. The summed E-state index contributed by atoms with van der Waals surface area (Å²) < 4.78 is 40.9. The number of aromatic amines is 1. The summed E-state index contributed by atoms with van der Waals surface area (Å²) in [6.45, 7) is 0. The maximum Gasteiger partial charge on any atom is 0.573 e. The van der Waals surface area contributed by atoms with Gasteiger partial charge in [0.05, 0.1) is 11.7 Å². The van der Waals surface area contributed by atoms with Crippen LogP contribution in [-0.4, -0.2) is 23.4 Å². The van der Waals surface area contributed by atoms with E-state index in [-0.39, 0.29) is 5.75 Å². The van der Waals surface area contributed by atoms with Crippen LogP contribution in [-0.2, 0) is 11.2 Å². The highest BCUT2D eigenvalue weighted by Gasteiger charge is 2.35. The average molecular weight is 376 g/mol. The standard InChI is InChI=1S/C19H15F3N2O3/c20-19(21,22)27-11-7-5-10(6-8-11)16-17-13(9-15(24-16)18(25)26)12-3-1-2-4-14(12)23-17/h1-8,15-16,23-24H,9H2,(H,25,26)/t15-,16+/m0/s1. The number of hydrogen-bond acceptors (Lipinski definition) is 3. The van der Waals surface area contributed by atoms with Crippen LogP contribution in [0.2, 0.25) is 0 Å². The number of aliphatic carboxylic acids is 1. The van der Waals surface area contributed by atoms with Crippen LogP contribution in [0.25, 0.3) is 10.9 Å². The van der Waals surface area contributed by atoms with E-state index in [9.17, 15) is 23.1 Å². The molecular weight excluding hydrogens is 361 g/mol. The lowest BCUT2D eigenvalue weighted by molar-refractivity contribution is -0.717. The number of alkyl halides is 3. The number of ether oxygens (including phenoxy) is 1. The lowest BCUT2D eigenvalue weighted by Crippen LogP contribution is -2.95. The molecule has 1 aliphatic rings. The number of fused-ring (bicyclic) bond motifs is 3. The van der Waals surface area contributed by atoms with Crippen molar-refractivity contribution in [3.8, 4) is 5.75 Å². The van der Waals surface area contributed by atoms with Gasteiger partial charge < -0.3 is 24.9 Å². The molecule has 2 atom stereocenters. The van der Waals surface area contributed by atoms with Crippen LogP contribution in [0.3, 0.4) is 0 Å². The van der Waals surface area contributed by atoms with E-state index < -0.39 is 24.4 Å². The largest absolute Gasteiger partial charge is 0.573 e. The molecule has 1 aromatic heterocycles. The molecule has 0 radical (unpaired) electrons. The van der Waals surface area contributed by atoms with Crippen molar-refractivity contribution in [1.82, 2.24) is 4.98 Å². The molecule has 0 bridgehead atoms. The lowest BCUT2D eigenvalue weighted by Gasteiger charge is -2.29. The van der Waals surface area contributed by atoms with Gasteiger partial charge >= 0.3 is 6.36 Å². The molecule has 0 saturated carbocycles. The van der Waals surface area contributed by atoms with Gasteiger partial charge in [0.1, 0.15) is 11.8 Å². The topological polar surface area (TPSA) is 81.8 Å². The molecule has 0 saturated heterocycles. The maximum absolute atomic E-state index is 12.3. The lowest BCUT2D eigenvalue weighted by atomic mass is 9.90. The van der Waals surface area contributed by atoms with E-state index in [4.69, 9.17) is 0 Å². The van der Waals surface area contributed by atoms with E-state index in [0.717, 1.165) is 22.2 Å². The molecular formula is C19H15F3N2O3. The first-order valence-electron chi connectivity index (χ1n) is 8.33. The normalized spacial score (nSPS) is 19.7. The summed E-state index contributed by atoms with van der Waals surface area (Å²) in [5.74, 6) is -1.50. The van der Waals surface area contributed by atoms with Crippen molar-refractivity contribution in [2.24, 2.45) is 0 Å². The molecule has 0 aliphatic carbocycles. The summed E-state index contributed by atoms with van der Waals surface area (Å²) in [6, 6.07) is 11.9. The van der Waals surface area contributed by atoms with Gasteiger partial charge in [0.2, 0.25) is 0 Å². The van der Waals surface area contributed by atoms with Crippen molar-refractivity contribution in [2.45, 2.75) is 24.9 Å². The van der Waals surface area contributed by atoms with Crippen LogP contribution in [0, 0.1) is 0 Å². The maximum atomic E-state index is 12.3. The summed E-state index contributed by atoms with van der Waals surface area (Å²) in [5, 5.41) is 14.1. The van der Waals surface area contributed by atoms with Crippen LogP contribution in [0.1, 0.15) is 22.9 Å². The predicted molar refractivity (Wildman–Crippen MR) is 87.7 cm³/mol. The SMILES string of the molecule is O=C([O-])[C@@H]1Cc2c([nH]c3ccccc23)[C@@H](c2ccc(OC(F)(F)F)cc2)[NH2+]1. The summed E-state index contributed by atoms with van der Waals surface area (Å²) in [5.41, 5.74) is 3.29. The van der Waals surface area contributed by atoms with Crippen molar-refractivity contribution in [1.29, 1.82) is 0 Å². The van der Waals surface area contributed by atoms with Gasteiger partial charge in [0.25, 0.3) is 0 Å².